The first-order valence-corrected chi connectivity index (χ1v) is 8.20. The fourth-order valence-electron chi connectivity index (χ4n) is 3.61. The number of hydrogen-bond acceptors (Lipinski definition) is 3. The van der Waals surface area contributed by atoms with Gasteiger partial charge in [-0.2, -0.15) is 0 Å². The molecule has 0 aliphatic heterocycles. The van der Waals surface area contributed by atoms with Crippen molar-refractivity contribution in [3.05, 3.63) is 69.2 Å². The van der Waals surface area contributed by atoms with Crippen LogP contribution in [0.15, 0.2) is 48.5 Å². The van der Waals surface area contributed by atoms with Gasteiger partial charge in [0.15, 0.2) is 0 Å². The maximum Gasteiger partial charge on any atom is 0.294 e. The molecule has 1 saturated carbocycles. The Balaban J connectivity index is 2.17. The third-order valence-corrected chi connectivity index (χ3v) is 4.94. The molecule has 2 aromatic carbocycles. The summed E-state index contributed by atoms with van der Waals surface area (Å²) < 4.78 is 0. The van der Waals surface area contributed by atoms with E-state index in [4.69, 9.17) is 11.6 Å². The van der Waals surface area contributed by atoms with E-state index in [2.05, 4.69) is 0 Å². The van der Waals surface area contributed by atoms with E-state index in [0.717, 1.165) is 31.2 Å². The molecule has 5 nitrogen and oxygen atoms in total. The van der Waals surface area contributed by atoms with Crippen LogP contribution in [0.1, 0.15) is 31.2 Å². The van der Waals surface area contributed by atoms with E-state index in [1.807, 2.05) is 30.3 Å². The highest BCUT2D eigenvalue weighted by Gasteiger charge is 2.43. The molecule has 0 radical (unpaired) electrons. The Morgan fingerprint density at radius 2 is 1.79 bits per heavy atom. The second-order valence-corrected chi connectivity index (χ2v) is 6.41. The van der Waals surface area contributed by atoms with Crippen molar-refractivity contribution in [3.8, 4) is 0 Å². The van der Waals surface area contributed by atoms with Crippen molar-refractivity contribution in [2.45, 2.75) is 31.2 Å². The predicted molar refractivity (Wildman–Crippen MR) is 93.2 cm³/mol. The Bertz CT molecular complexity index is 758. The van der Waals surface area contributed by atoms with Crippen LogP contribution in [0.4, 0.5) is 11.4 Å². The van der Waals surface area contributed by atoms with Gasteiger partial charge in [-0.25, -0.2) is 0 Å². The summed E-state index contributed by atoms with van der Waals surface area (Å²) in [4.78, 5) is 24.5. The highest BCUT2D eigenvalue weighted by Crippen LogP contribution is 2.47. The van der Waals surface area contributed by atoms with E-state index in [1.54, 1.807) is 12.1 Å². The topological polar surface area (TPSA) is 63.5 Å². The van der Waals surface area contributed by atoms with Crippen molar-refractivity contribution >= 4 is 29.4 Å². The Kier molecular flexibility index (Phi) is 4.53. The molecule has 0 N–H and O–H groups in total. The third kappa shape index (κ3) is 2.76. The zero-order valence-corrected chi connectivity index (χ0v) is 13.8. The van der Waals surface area contributed by atoms with Gasteiger partial charge in [0.1, 0.15) is 5.69 Å². The van der Waals surface area contributed by atoms with Crippen molar-refractivity contribution in [3.63, 3.8) is 0 Å². The average Bonchev–Trinajstić information content (AvgIpc) is 3.08. The van der Waals surface area contributed by atoms with Gasteiger partial charge < -0.3 is 0 Å². The van der Waals surface area contributed by atoms with E-state index >= 15 is 0 Å². The zero-order chi connectivity index (χ0) is 17.2. The van der Waals surface area contributed by atoms with Gasteiger partial charge in [-0.05, 0) is 30.5 Å². The fourth-order valence-corrected chi connectivity index (χ4v) is 3.78. The van der Waals surface area contributed by atoms with Gasteiger partial charge in [-0.15, -0.1) is 0 Å². The molecule has 1 aliphatic rings. The number of amides is 1. The van der Waals surface area contributed by atoms with E-state index in [0.29, 0.717) is 6.41 Å². The Labute approximate surface area is 145 Å². The molecule has 0 aromatic heterocycles. The van der Waals surface area contributed by atoms with Gasteiger partial charge >= 0.3 is 0 Å². The molecular weight excluding hydrogens is 328 g/mol. The molecule has 1 fully saturated rings. The van der Waals surface area contributed by atoms with Crippen molar-refractivity contribution in [2.75, 3.05) is 4.90 Å². The van der Waals surface area contributed by atoms with Gasteiger partial charge in [-0.3, -0.25) is 19.8 Å². The summed E-state index contributed by atoms with van der Waals surface area (Å²) in [5.41, 5.74) is 0.572. The van der Waals surface area contributed by atoms with Crippen LogP contribution in [0.25, 0.3) is 0 Å². The number of nitro benzene ring substituents is 1. The molecule has 24 heavy (non-hydrogen) atoms. The number of rotatable bonds is 5. The molecule has 0 unspecified atom stereocenters. The van der Waals surface area contributed by atoms with Crippen molar-refractivity contribution in [2.24, 2.45) is 0 Å². The second kappa shape index (κ2) is 6.61. The summed E-state index contributed by atoms with van der Waals surface area (Å²) in [6.45, 7) is 0. The molecular formula is C18H17ClN2O3. The summed E-state index contributed by atoms with van der Waals surface area (Å²) in [5, 5.41) is 11.7. The number of anilines is 1. The number of carbonyl (C=O) groups is 1. The van der Waals surface area contributed by atoms with Crippen molar-refractivity contribution in [1.29, 1.82) is 0 Å². The normalized spacial score (nSPS) is 15.9. The number of nitro groups is 1. The maximum atomic E-state index is 12.0. The van der Waals surface area contributed by atoms with Crippen molar-refractivity contribution < 1.29 is 9.72 Å². The molecule has 1 amide bonds. The second-order valence-electron chi connectivity index (χ2n) is 5.97. The van der Waals surface area contributed by atoms with Crippen LogP contribution < -0.4 is 4.90 Å². The molecule has 3 rings (SSSR count). The standard InChI is InChI=1S/C18H17ClN2O3/c19-15-8-9-16(17(12-15)21(23)24)20(13-22)18(10-4-5-11-18)14-6-2-1-3-7-14/h1-3,6-9,12-13H,4-5,10-11H2. The van der Waals surface area contributed by atoms with Crippen LogP contribution in [0.5, 0.6) is 0 Å². The molecule has 0 heterocycles. The molecule has 6 heteroatoms. The summed E-state index contributed by atoms with van der Waals surface area (Å²) in [6.07, 6.45) is 4.20. The first-order valence-electron chi connectivity index (χ1n) is 7.82. The minimum atomic E-state index is -0.554. The van der Waals surface area contributed by atoms with Crippen LogP contribution in [-0.2, 0) is 10.3 Å². The number of benzene rings is 2. The molecule has 1 aliphatic carbocycles. The van der Waals surface area contributed by atoms with Gasteiger partial charge in [0.25, 0.3) is 5.69 Å². The van der Waals surface area contributed by atoms with Gasteiger partial charge in [0, 0.05) is 11.1 Å². The first kappa shape index (κ1) is 16.5. The number of nitrogens with zero attached hydrogens (tertiary/aromatic N) is 2. The Morgan fingerprint density at radius 1 is 1.12 bits per heavy atom. The van der Waals surface area contributed by atoms with Crippen LogP contribution >= 0.6 is 11.6 Å². The molecule has 0 spiro atoms. The van der Waals surface area contributed by atoms with Crippen LogP contribution in [-0.4, -0.2) is 11.3 Å². The smallest absolute Gasteiger partial charge is 0.294 e. The minimum absolute atomic E-state index is 0.156. The van der Waals surface area contributed by atoms with Gasteiger partial charge in [0.05, 0.1) is 10.5 Å². The summed E-state index contributed by atoms with van der Waals surface area (Å²) in [6, 6.07) is 14.1. The summed E-state index contributed by atoms with van der Waals surface area (Å²) in [7, 11) is 0. The van der Waals surface area contributed by atoms with Crippen LogP contribution in [0.2, 0.25) is 5.02 Å². The monoisotopic (exact) mass is 344 g/mol. The van der Waals surface area contributed by atoms with E-state index in [-0.39, 0.29) is 16.4 Å². The molecule has 0 saturated heterocycles. The van der Waals surface area contributed by atoms with Gasteiger partial charge in [0.2, 0.25) is 6.41 Å². The lowest BCUT2D eigenvalue weighted by atomic mass is 9.86. The lowest BCUT2D eigenvalue weighted by molar-refractivity contribution is -0.384. The third-order valence-electron chi connectivity index (χ3n) is 4.70. The van der Waals surface area contributed by atoms with Crippen molar-refractivity contribution in [1.82, 2.24) is 0 Å². The largest absolute Gasteiger partial charge is 0.299 e. The minimum Gasteiger partial charge on any atom is -0.299 e. The average molecular weight is 345 g/mol. The van der Waals surface area contributed by atoms with E-state index in [9.17, 15) is 14.9 Å². The van der Waals surface area contributed by atoms with E-state index in [1.165, 1.54) is 11.0 Å². The first-order chi connectivity index (χ1) is 11.6. The summed E-state index contributed by atoms with van der Waals surface area (Å²) in [5.74, 6) is 0. The molecule has 0 bridgehead atoms. The number of halogens is 1. The van der Waals surface area contributed by atoms with Gasteiger partial charge in [-0.1, -0.05) is 54.8 Å². The highest BCUT2D eigenvalue weighted by molar-refractivity contribution is 6.31. The highest BCUT2D eigenvalue weighted by atomic mass is 35.5. The predicted octanol–water partition coefficient (Wildman–Crippen LogP) is 4.68. The van der Waals surface area contributed by atoms with E-state index < -0.39 is 10.5 Å². The summed E-state index contributed by atoms with van der Waals surface area (Å²) >= 11 is 5.91. The number of hydrogen-bond donors (Lipinski definition) is 0. The SMILES string of the molecule is O=CN(c1ccc(Cl)cc1[N+](=O)[O-])C1(c2ccccc2)CCCC1. The molecule has 2 aromatic rings. The number of carbonyl (C=O) groups excluding carboxylic acids is 1. The fraction of sp³-hybridized carbons (Fsp3) is 0.278. The van der Waals surface area contributed by atoms with Crippen LogP contribution in [0.3, 0.4) is 0 Å². The zero-order valence-electron chi connectivity index (χ0n) is 13.0. The molecule has 0 atom stereocenters. The molecule has 124 valence electrons. The Hall–Kier alpha value is -2.40. The quantitative estimate of drug-likeness (QED) is 0.449. The lowest BCUT2D eigenvalue weighted by Crippen LogP contribution is -2.44. The maximum absolute atomic E-state index is 12.0. The lowest BCUT2D eigenvalue weighted by Gasteiger charge is -2.39. The Morgan fingerprint density at radius 3 is 2.38 bits per heavy atom. The van der Waals surface area contributed by atoms with Crippen LogP contribution in [0, 0.1) is 10.1 Å².